The Hall–Kier alpha value is -2.48. The van der Waals surface area contributed by atoms with E-state index >= 15 is 0 Å². The number of imide groups is 1. The Bertz CT molecular complexity index is 1060. The van der Waals surface area contributed by atoms with Crippen LogP contribution in [0.3, 0.4) is 0 Å². The quantitative estimate of drug-likeness (QED) is 0.617. The van der Waals surface area contributed by atoms with Gasteiger partial charge in [-0.3, -0.25) is 19.7 Å². The summed E-state index contributed by atoms with van der Waals surface area (Å²) in [5.41, 5.74) is 1.09. The number of ether oxygens (including phenoxy) is 1. The predicted molar refractivity (Wildman–Crippen MR) is 122 cm³/mol. The Morgan fingerprint density at radius 2 is 1.76 bits per heavy atom. The number of carbonyl (C=O) groups is 3. The standard InChI is InChI=1S/C24H23Cl2FN2O4/c25-18-11-14(12-19(26)21(18)17-5-6-20(30)29-22(17)31)13-28-23(32)24(7-9-33-10-8-24)15-1-3-16(27)4-2-15/h1-4,11-12,17H,5-10,13H2,(H,28,32)(H,29,30,31). The smallest absolute Gasteiger partial charge is 0.234 e. The SMILES string of the molecule is O=C1CCC(c2c(Cl)cc(CNC(=O)C3(c4ccc(F)cc4)CCOCC3)cc2Cl)C(=O)N1. The molecule has 2 fully saturated rings. The van der Waals surface area contributed by atoms with Crippen molar-refractivity contribution in [3.8, 4) is 0 Å². The molecule has 4 rings (SSSR count). The lowest BCUT2D eigenvalue weighted by molar-refractivity contribution is -0.134. The predicted octanol–water partition coefficient (Wildman–Crippen LogP) is 4.02. The molecule has 0 spiro atoms. The fourth-order valence-corrected chi connectivity index (χ4v) is 5.32. The van der Waals surface area contributed by atoms with Crippen molar-refractivity contribution >= 4 is 40.9 Å². The van der Waals surface area contributed by atoms with Crippen LogP contribution in [0.4, 0.5) is 4.39 Å². The van der Waals surface area contributed by atoms with Gasteiger partial charge >= 0.3 is 0 Å². The summed E-state index contributed by atoms with van der Waals surface area (Å²) in [7, 11) is 0. The molecule has 2 aromatic rings. The summed E-state index contributed by atoms with van der Waals surface area (Å²) in [6.45, 7) is 1.05. The number of nitrogens with one attached hydrogen (secondary N) is 2. The van der Waals surface area contributed by atoms with E-state index in [0.717, 1.165) is 5.56 Å². The van der Waals surface area contributed by atoms with E-state index in [2.05, 4.69) is 10.6 Å². The van der Waals surface area contributed by atoms with Crippen LogP contribution >= 0.6 is 23.2 Å². The second-order valence-electron chi connectivity index (χ2n) is 8.36. The van der Waals surface area contributed by atoms with Crippen LogP contribution in [-0.4, -0.2) is 30.9 Å². The normalized spacial score (nSPS) is 20.3. The van der Waals surface area contributed by atoms with Gasteiger partial charge in [0.2, 0.25) is 17.7 Å². The number of carbonyl (C=O) groups excluding carboxylic acids is 3. The van der Waals surface area contributed by atoms with Crippen molar-refractivity contribution in [1.82, 2.24) is 10.6 Å². The molecule has 2 aliphatic heterocycles. The summed E-state index contributed by atoms with van der Waals surface area (Å²) in [5.74, 6) is -1.88. The number of hydrogen-bond acceptors (Lipinski definition) is 4. The minimum absolute atomic E-state index is 0.178. The van der Waals surface area contributed by atoms with Crippen molar-refractivity contribution in [3.05, 3.63) is 69.0 Å². The van der Waals surface area contributed by atoms with Gasteiger partial charge in [0.25, 0.3) is 0 Å². The highest BCUT2D eigenvalue weighted by atomic mass is 35.5. The molecule has 1 atom stereocenters. The van der Waals surface area contributed by atoms with Crippen LogP contribution in [0.1, 0.15) is 48.3 Å². The average Bonchev–Trinajstić information content (AvgIpc) is 2.79. The third-order valence-corrected chi connectivity index (χ3v) is 6.98. The lowest BCUT2D eigenvalue weighted by Gasteiger charge is -2.36. The van der Waals surface area contributed by atoms with Crippen molar-refractivity contribution in [2.75, 3.05) is 13.2 Å². The first kappa shape index (κ1) is 23.7. The Morgan fingerprint density at radius 3 is 2.36 bits per heavy atom. The maximum Gasteiger partial charge on any atom is 0.234 e. The summed E-state index contributed by atoms with van der Waals surface area (Å²) in [4.78, 5) is 37.0. The maximum absolute atomic E-state index is 13.4. The Labute approximate surface area is 200 Å². The van der Waals surface area contributed by atoms with Gasteiger partial charge in [0.15, 0.2) is 0 Å². The van der Waals surface area contributed by atoms with Crippen LogP contribution in [0.25, 0.3) is 0 Å². The monoisotopic (exact) mass is 492 g/mol. The van der Waals surface area contributed by atoms with Crippen LogP contribution in [0, 0.1) is 5.82 Å². The van der Waals surface area contributed by atoms with E-state index in [9.17, 15) is 18.8 Å². The van der Waals surface area contributed by atoms with Gasteiger partial charge in [-0.05, 0) is 54.7 Å². The first-order chi connectivity index (χ1) is 15.8. The van der Waals surface area contributed by atoms with Gasteiger partial charge in [-0.1, -0.05) is 35.3 Å². The highest BCUT2D eigenvalue weighted by Crippen LogP contribution is 2.38. The molecule has 2 heterocycles. The van der Waals surface area contributed by atoms with Crippen molar-refractivity contribution in [3.63, 3.8) is 0 Å². The summed E-state index contributed by atoms with van der Waals surface area (Å²) >= 11 is 12.9. The lowest BCUT2D eigenvalue weighted by Crippen LogP contribution is -2.47. The Kier molecular flexibility index (Phi) is 7.02. The number of hydrogen-bond donors (Lipinski definition) is 2. The second-order valence-corrected chi connectivity index (χ2v) is 9.18. The van der Waals surface area contributed by atoms with E-state index in [1.165, 1.54) is 12.1 Å². The van der Waals surface area contributed by atoms with Gasteiger partial charge in [-0.15, -0.1) is 0 Å². The molecule has 3 amide bonds. The molecule has 2 N–H and O–H groups in total. The molecule has 0 bridgehead atoms. The van der Waals surface area contributed by atoms with Crippen LogP contribution in [0.15, 0.2) is 36.4 Å². The topological polar surface area (TPSA) is 84.5 Å². The van der Waals surface area contributed by atoms with Gasteiger partial charge in [0.1, 0.15) is 5.82 Å². The first-order valence-electron chi connectivity index (χ1n) is 10.7. The second kappa shape index (κ2) is 9.79. The summed E-state index contributed by atoms with van der Waals surface area (Å²) in [6.07, 6.45) is 1.53. The molecular weight excluding hydrogens is 470 g/mol. The lowest BCUT2D eigenvalue weighted by atomic mass is 9.73. The van der Waals surface area contributed by atoms with Crippen LogP contribution < -0.4 is 10.6 Å². The van der Waals surface area contributed by atoms with Crippen LogP contribution in [0.5, 0.6) is 0 Å². The number of amides is 3. The highest BCUT2D eigenvalue weighted by molar-refractivity contribution is 6.36. The van der Waals surface area contributed by atoms with Gasteiger partial charge < -0.3 is 10.1 Å². The van der Waals surface area contributed by atoms with Crippen molar-refractivity contribution < 1.29 is 23.5 Å². The minimum atomic E-state index is -0.813. The molecule has 2 saturated heterocycles. The number of halogens is 3. The molecule has 0 aliphatic carbocycles. The Balaban J connectivity index is 1.52. The molecule has 9 heteroatoms. The molecule has 0 aromatic heterocycles. The molecule has 2 aliphatic rings. The van der Waals surface area contributed by atoms with Crippen molar-refractivity contribution in [2.45, 2.75) is 43.6 Å². The first-order valence-corrected chi connectivity index (χ1v) is 11.5. The zero-order valence-corrected chi connectivity index (χ0v) is 19.3. The molecule has 6 nitrogen and oxygen atoms in total. The van der Waals surface area contributed by atoms with Gasteiger partial charge in [0, 0.05) is 41.8 Å². The van der Waals surface area contributed by atoms with Crippen LogP contribution in [-0.2, 0) is 31.1 Å². The Morgan fingerprint density at radius 1 is 1.12 bits per heavy atom. The molecule has 0 saturated carbocycles. The minimum Gasteiger partial charge on any atom is -0.381 e. The van der Waals surface area contributed by atoms with E-state index in [4.69, 9.17) is 27.9 Å². The van der Waals surface area contributed by atoms with E-state index in [1.54, 1.807) is 24.3 Å². The van der Waals surface area contributed by atoms with E-state index < -0.39 is 17.2 Å². The number of rotatable bonds is 5. The van der Waals surface area contributed by atoms with Crippen molar-refractivity contribution in [1.29, 1.82) is 0 Å². The molecule has 1 unspecified atom stereocenters. The van der Waals surface area contributed by atoms with Crippen molar-refractivity contribution in [2.24, 2.45) is 0 Å². The molecule has 33 heavy (non-hydrogen) atoms. The van der Waals surface area contributed by atoms with E-state index in [-0.39, 0.29) is 30.6 Å². The van der Waals surface area contributed by atoms with E-state index in [0.29, 0.717) is 53.6 Å². The van der Waals surface area contributed by atoms with Gasteiger partial charge in [-0.2, -0.15) is 0 Å². The zero-order valence-electron chi connectivity index (χ0n) is 17.8. The van der Waals surface area contributed by atoms with Gasteiger partial charge in [-0.25, -0.2) is 4.39 Å². The summed E-state index contributed by atoms with van der Waals surface area (Å²) in [5, 5.41) is 5.88. The molecule has 0 radical (unpaired) electrons. The van der Waals surface area contributed by atoms with Crippen LogP contribution in [0.2, 0.25) is 10.0 Å². The molecule has 174 valence electrons. The molecule has 2 aromatic carbocycles. The van der Waals surface area contributed by atoms with Gasteiger partial charge in [0.05, 0.1) is 11.3 Å². The number of piperidine rings is 1. The number of benzene rings is 2. The summed E-state index contributed by atoms with van der Waals surface area (Å²) < 4.78 is 18.9. The maximum atomic E-state index is 13.4. The fraction of sp³-hybridized carbons (Fsp3) is 0.375. The molecular formula is C24H23Cl2FN2O4. The van der Waals surface area contributed by atoms with E-state index in [1.807, 2.05) is 0 Å². The third-order valence-electron chi connectivity index (χ3n) is 6.36. The highest BCUT2D eigenvalue weighted by Gasteiger charge is 2.41. The summed E-state index contributed by atoms with van der Waals surface area (Å²) in [6, 6.07) is 9.33. The average molecular weight is 493 g/mol. The third kappa shape index (κ3) is 4.90. The largest absolute Gasteiger partial charge is 0.381 e. The zero-order chi connectivity index (χ0) is 23.6. The fourth-order valence-electron chi connectivity index (χ4n) is 4.53.